The first kappa shape index (κ1) is 18.1. The van der Waals surface area contributed by atoms with E-state index in [0.717, 1.165) is 23.5 Å². The van der Waals surface area contributed by atoms with Crippen molar-refractivity contribution in [3.63, 3.8) is 0 Å². The highest BCUT2D eigenvalue weighted by atomic mass is 32.2. The highest BCUT2D eigenvalue weighted by Crippen LogP contribution is 2.34. The first-order valence-electron chi connectivity index (χ1n) is 8.20. The molecule has 128 valence electrons. The Bertz CT molecular complexity index is 501. The van der Waals surface area contributed by atoms with Gasteiger partial charge in [0.1, 0.15) is 0 Å². The van der Waals surface area contributed by atoms with Crippen LogP contribution in [0, 0.1) is 5.41 Å². The van der Waals surface area contributed by atoms with Crippen LogP contribution in [0.5, 0.6) is 0 Å². The predicted molar refractivity (Wildman–Crippen MR) is 96.9 cm³/mol. The van der Waals surface area contributed by atoms with E-state index in [0.29, 0.717) is 12.6 Å². The summed E-state index contributed by atoms with van der Waals surface area (Å²) in [6.45, 7) is 4.68. The van der Waals surface area contributed by atoms with Crippen molar-refractivity contribution in [1.82, 2.24) is 10.2 Å². The first-order chi connectivity index (χ1) is 11.0. The third-order valence-electron chi connectivity index (χ3n) is 4.78. The predicted octanol–water partition coefficient (Wildman–Crippen LogP) is 2.94. The number of aliphatic hydroxyl groups is 1. The lowest BCUT2D eigenvalue weighted by Gasteiger charge is -2.34. The number of nitrogens with one attached hydrogen (secondary N) is 1. The number of hydrogen-bond acceptors (Lipinski definition) is 3. The molecule has 2 N–H and O–H groups in total. The molecule has 4 nitrogen and oxygen atoms in total. The van der Waals surface area contributed by atoms with Crippen LogP contribution < -0.4 is 5.32 Å². The minimum absolute atomic E-state index is 0.0211. The molecule has 23 heavy (non-hydrogen) atoms. The van der Waals surface area contributed by atoms with Crippen molar-refractivity contribution in [1.29, 1.82) is 0 Å². The number of rotatable bonds is 6. The van der Waals surface area contributed by atoms with E-state index in [1.807, 2.05) is 55.8 Å². The molecule has 1 fully saturated rings. The Kier molecular flexibility index (Phi) is 6.36. The number of hydrogen-bond donors (Lipinski definition) is 2. The van der Waals surface area contributed by atoms with Crippen LogP contribution in [0.2, 0.25) is 0 Å². The number of benzene rings is 1. The van der Waals surface area contributed by atoms with Crippen LogP contribution in [0.15, 0.2) is 30.3 Å². The van der Waals surface area contributed by atoms with Gasteiger partial charge in [-0.15, -0.1) is 0 Å². The van der Waals surface area contributed by atoms with E-state index in [9.17, 15) is 9.90 Å². The lowest BCUT2D eigenvalue weighted by Crippen LogP contribution is -2.46. The Morgan fingerprint density at radius 3 is 2.70 bits per heavy atom. The molecule has 1 aromatic rings. The molecular formula is C18H28N2O2S. The summed E-state index contributed by atoms with van der Waals surface area (Å²) in [5.74, 6) is 2.23. The molecule has 1 heterocycles. The minimum atomic E-state index is -0.295. The van der Waals surface area contributed by atoms with E-state index in [1.54, 1.807) is 0 Å². The summed E-state index contributed by atoms with van der Waals surface area (Å²) >= 11 is 1.90. The zero-order valence-corrected chi connectivity index (χ0v) is 15.1. The summed E-state index contributed by atoms with van der Waals surface area (Å²) in [5, 5.41) is 12.8. The zero-order valence-electron chi connectivity index (χ0n) is 14.3. The monoisotopic (exact) mass is 336 g/mol. The fourth-order valence-electron chi connectivity index (χ4n) is 2.95. The first-order valence-corrected chi connectivity index (χ1v) is 9.35. The van der Waals surface area contributed by atoms with Crippen molar-refractivity contribution < 1.29 is 9.90 Å². The van der Waals surface area contributed by atoms with Gasteiger partial charge in [-0.25, -0.2) is 4.79 Å². The quantitative estimate of drug-likeness (QED) is 0.840. The Morgan fingerprint density at radius 1 is 1.43 bits per heavy atom. The molecule has 1 saturated heterocycles. The van der Waals surface area contributed by atoms with Gasteiger partial charge in [-0.3, -0.25) is 0 Å². The third-order valence-corrected chi connectivity index (χ3v) is 5.93. The van der Waals surface area contributed by atoms with Crippen LogP contribution in [0.1, 0.15) is 31.7 Å². The average molecular weight is 337 g/mol. The third kappa shape index (κ3) is 4.64. The Hall–Kier alpha value is -1.20. The van der Waals surface area contributed by atoms with E-state index >= 15 is 0 Å². The Labute approximate surface area is 143 Å². The van der Waals surface area contributed by atoms with E-state index in [-0.39, 0.29) is 24.0 Å². The highest BCUT2D eigenvalue weighted by Gasteiger charge is 2.31. The molecule has 1 aromatic carbocycles. The molecule has 2 amide bonds. The van der Waals surface area contributed by atoms with Crippen molar-refractivity contribution in [2.45, 2.75) is 32.2 Å². The van der Waals surface area contributed by atoms with Crippen LogP contribution in [-0.2, 0) is 0 Å². The van der Waals surface area contributed by atoms with E-state index in [4.69, 9.17) is 0 Å². The van der Waals surface area contributed by atoms with Crippen LogP contribution >= 0.6 is 11.8 Å². The van der Waals surface area contributed by atoms with Gasteiger partial charge >= 0.3 is 6.03 Å². The lowest BCUT2D eigenvalue weighted by atomic mass is 9.75. The number of carbonyl (C=O) groups is 1. The molecular weight excluding hydrogens is 308 g/mol. The van der Waals surface area contributed by atoms with Gasteiger partial charge < -0.3 is 15.3 Å². The van der Waals surface area contributed by atoms with Crippen LogP contribution in [0.25, 0.3) is 0 Å². The maximum atomic E-state index is 12.4. The maximum Gasteiger partial charge on any atom is 0.317 e. The number of urea groups is 1. The topological polar surface area (TPSA) is 52.6 Å². The van der Waals surface area contributed by atoms with E-state index in [2.05, 4.69) is 17.4 Å². The minimum Gasteiger partial charge on any atom is -0.396 e. The number of thioether (sulfide) groups is 1. The highest BCUT2D eigenvalue weighted by molar-refractivity contribution is 7.99. The summed E-state index contributed by atoms with van der Waals surface area (Å²) in [6.07, 6.45) is 1.07. The van der Waals surface area contributed by atoms with Gasteiger partial charge in [0.2, 0.25) is 0 Å². The summed E-state index contributed by atoms with van der Waals surface area (Å²) in [5.41, 5.74) is 0.849. The standard InChI is InChI=1S/C18H28N2O2S/c1-18(2,13-21)16(14-7-5-4-6-8-14)11-19-17(22)20(3)15-9-10-23-12-15/h4-8,15-16,21H,9-13H2,1-3H3,(H,19,22). The fraction of sp³-hybridized carbons (Fsp3) is 0.611. The van der Waals surface area contributed by atoms with Crippen LogP contribution in [0.3, 0.4) is 0 Å². The molecule has 2 unspecified atom stereocenters. The number of carbonyl (C=O) groups excluding carboxylic acids is 1. The zero-order chi connectivity index (χ0) is 16.9. The SMILES string of the molecule is CN(C(=O)NCC(c1ccccc1)C(C)(C)CO)C1CCSC1. The Balaban J connectivity index is 2.02. The lowest BCUT2D eigenvalue weighted by molar-refractivity contribution is 0.127. The molecule has 2 atom stereocenters. The number of nitrogens with zero attached hydrogens (tertiary/aromatic N) is 1. The second-order valence-corrected chi connectivity index (χ2v) is 8.07. The average Bonchev–Trinajstić information content (AvgIpc) is 3.09. The summed E-state index contributed by atoms with van der Waals surface area (Å²) < 4.78 is 0. The maximum absolute atomic E-state index is 12.4. The summed E-state index contributed by atoms with van der Waals surface area (Å²) in [7, 11) is 1.88. The number of aliphatic hydroxyl groups excluding tert-OH is 1. The van der Waals surface area contributed by atoms with Crippen molar-refractivity contribution in [2.75, 3.05) is 31.7 Å². The van der Waals surface area contributed by atoms with Gasteiger partial charge in [-0.1, -0.05) is 44.2 Å². The molecule has 1 aliphatic heterocycles. The molecule has 0 spiro atoms. The van der Waals surface area contributed by atoms with Gasteiger partial charge in [0.25, 0.3) is 0 Å². The molecule has 0 aromatic heterocycles. The van der Waals surface area contributed by atoms with Gasteiger partial charge in [0, 0.05) is 37.9 Å². The normalized spacial score (nSPS) is 19.4. The molecule has 0 bridgehead atoms. The van der Waals surface area contributed by atoms with Gasteiger partial charge in [0.15, 0.2) is 0 Å². The van der Waals surface area contributed by atoms with Gasteiger partial charge in [-0.05, 0) is 23.2 Å². The molecule has 0 saturated carbocycles. The molecule has 1 aliphatic rings. The van der Waals surface area contributed by atoms with Crippen LogP contribution in [0.4, 0.5) is 4.79 Å². The van der Waals surface area contributed by atoms with Crippen molar-refractivity contribution >= 4 is 17.8 Å². The smallest absolute Gasteiger partial charge is 0.317 e. The van der Waals surface area contributed by atoms with Crippen molar-refractivity contribution in [3.8, 4) is 0 Å². The van der Waals surface area contributed by atoms with Crippen molar-refractivity contribution in [2.24, 2.45) is 5.41 Å². The van der Waals surface area contributed by atoms with Crippen molar-refractivity contribution in [3.05, 3.63) is 35.9 Å². The molecule has 2 rings (SSSR count). The molecule has 0 radical (unpaired) electrons. The van der Waals surface area contributed by atoms with E-state index < -0.39 is 0 Å². The molecule has 5 heteroatoms. The van der Waals surface area contributed by atoms with Gasteiger partial charge in [0.05, 0.1) is 0 Å². The second-order valence-electron chi connectivity index (χ2n) is 6.92. The fourth-order valence-corrected chi connectivity index (χ4v) is 4.22. The van der Waals surface area contributed by atoms with Gasteiger partial charge in [-0.2, -0.15) is 11.8 Å². The largest absolute Gasteiger partial charge is 0.396 e. The summed E-state index contributed by atoms with van der Waals surface area (Å²) in [4.78, 5) is 14.3. The summed E-state index contributed by atoms with van der Waals surface area (Å²) in [6, 6.07) is 10.4. The van der Waals surface area contributed by atoms with Crippen LogP contribution in [-0.4, -0.2) is 53.8 Å². The second kappa shape index (κ2) is 8.06. The number of amides is 2. The van der Waals surface area contributed by atoms with E-state index in [1.165, 1.54) is 0 Å². The Morgan fingerprint density at radius 2 is 2.13 bits per heavy atom. The molecule has 0 aliphatic carbocycles.